The third-order valence-electron chi connectivity index (χ3n) is 3.02. The normalized spacial score (nSPS) is 10.9. The molecule has 2 aromatic rings. The fourth-order valence-electron chi connectivity index (χ4n) is 2.04. The molecule has 1 aromatic heterocycles. The van der Waals surface area contributed by atoms with E-state index in [0.717, 1.165) is 17.9 Å². The molecule has 1 amide bonds. The summed E-state index contributed by atoms with van der Waals surface area (Å²) in [5.74, 6) is 1.05. The molecule has 0 atom stereocenters. The average molecular weight is 287 g/mol. The number of hydrogen-bond acceptors (Lipinski definition) is 3. The predicted octanol–water partition coefficient (Wildman–Crippen LogP) is 2.94. The Hall–Kier alpha value is -2.14. The summed E-state index contributed by atoms with van der Waals surface area (Å²) in [6, 6.07) is 9.19. The highest BCUT2D eigenvalue weighted by Gasteiger charge is 2.10. The molecule has 112 valence electrons. The Bertz CT molecular complexity index is 588. The van der Waals surface area contributed by atoms with E-state index in [1.54, 1.807) is 31.5 Å². The summed E-state index contributed by atoms with van der Waals surface area (Å²) in [6.45, 7) is 5.54. The lowest BCUT2D eigenvalue weighted by Crippen LogP contribution is -2.17. The fourth-order valence-corrected chi connectivity index (χ4v) is 2.04. The molecule has 5 nitrogen and oxygen atoms in total. The van der Waals surface area contributed by atoms with Gasteiger partial charge in [0.25, 0.3) is 5.91 Å². The minimum Gasteiger partial charge on any atom is -0.380 e. The number of ether oxygens (including phenoxy) is 1. The van der Waals surface area contributed by atoms with Crippen molar-refractivity contribution in [2.24, 2.45) is 5.92 Å². The van der Waals surface area contributed by atoms with Gasteiger partial charge in [-0.2, -0.15) is 5.10 Å². The highest BCUT2D eigenvalue weighted by molar-refractivity contribution is 6.03. The lowest BCUT2D eigenvalue weighted by Gasteiger charge is -2.11. The Labute approximate surface area is 124 Å². The van der Waals surface area contributed by atoms with Crippen LogP contribution in [0.4, 0.5) is 5.82 Å². The number of anilines is 1. The predicted molar refractivity (Wildman–Crippen MR) is 82.2 cm³/mol. The molecule has 1 N–H and O–H groups in total. The van der Waals surface area contributed by atoms with Crippen molar-refractivity contribution in [2.45, 2.75) is 27.0 Å². The maximum absolute atomic E-state index is 12.2. The zero-order valence-electron chi connectivity index (χ0n) is 12.7. The Morgan fingerprint density at radius 3 is 2.62 bits per heavy atom. The van der Waals surface area contributed by atoms with Gasteiger partial charge in [0.2, 0.25) is 0 Å². The first-order chi connectivity index (χ1) is 10.1. The Balaban J connectivity index is 2.05. The molecular weight excluding hydrogens is 266 g/mol. The van der Waals surface area contributed by atoms with E-state index in [2.05, 4.69) is 24.3 Å². The standard InChI is InChI=1S/C16H21N3O2/c1-12(2)10-19-15(8-9-17-19)18-16(20)14-6-4-13(5-7-14)11-21-3/h4-9,12H,10-11H2,1-3H3,(H,18,20). The molecule has 0 aliphatic rings. The molecule has 5 heteroatoms. The van der Waals surface area contributed by atoms with Gasteiger partial charge in [0.1, 0.15) is 5.82 Å². The average Bonchev–Trinajstić information content (AvgIpc) is 2.86. The quantitative estimate of drug-likeness (QED) is 0.888. The lowest BCUT2D eigenvalue weighted by molar-refractivity contribution is 0.102. The van der Waals surface area contributed by atoms with Gasteiger partial charge in [-0.3, -0.25) is 4.79 Å². The van der Waals surface area contributed by atoms with E-state index in [9.17, 15) is 4.79 Å². The first-order valence-electron chi connectivity index (χ1n) is 7.01. The third-order valence-corrected chi connectivity index (χ3v) is 3.02. The second kappa shape index (κ2) is 7.04. The van der Waals surface area contributed by atoms with Gasteiger partial charge in [0, 0.05) is 25.3 Å². The van der Waals surface area contributed by atoms with Gasteiger partial charge in [-0.25, -0.2) is 4.68 Å². The second-order valence-corrected chi connectivity index (χ2v) is 5.38. The summed E-state index contributed by atoms with van der Waals surface area (Å²) in [5.41, 5.74) is 1.66. The number of methoxy groups -OCH3 is 1. The van der Waals surface area contributed by atoms with Gasteiger partial charge in [-0.15, -0.1) is 0 Å². The van der Waals surface area contributed by atoms with Crippen LogP contribution in [0, 0.1) is 5.92 Å². The first kappa shape index (κ1) is 15.3. The van der Waals surface area contributed by atoms with Crippen LogP contribution in [-0.4, -0.2) is 22.8 Å². The molecule has 2 rings (SSSR count). The van der Waals surface area contributed by atoms with Crippen LogP contribution in [-0.2, 0) is 17.9 Å². The van der Waals surface area contributed by atoms with Crippen molar-refractivity contribution in [2.75, 3.05) is 12.4 Å². The molecule has 0 aliphatic heterocycles. The van der Waals surface area contributed by atoms with E-state index in [0.29, 0.717) is 18.1 Å². The largest absolute Gasteiger partial charge is 0.380 e. The summed E-state index contributed by atoms with van der Waals surface area (Å²) < 4.78 is 6.86. The second-order valence-electron chi connectivity index (χ2n) is 5.38. The van der Waals surface area contributed by atoms with Crippen molar-refractivity contribution in [1.29, 1.82) is 0 Å². The SMILES string of the molecule is COCc1ccc(C(=O)Nc2ccnn2CC(C)C)cc1. The van der Waals surface area contributed by atoms with E-state index in [-0.39, 0.29) is 5.91 Å². The summed E-state index contributed by atoms with van der Waals surface area (Å²) >= 11 is 0. The minimum absolute atomic E-state index is 0.135. The van der Waals surface area contributed by atoms with E-state index in [1.807, 2.05) is 16.8 Å². The van der Waals surface area contributed by atoms with Crippen molar-refractivity contribution in [3.8, 4) is 0 Å². The summed E-state index contributed by atoms with van der Waals surface area (Å²) in [7, 11) is 1.65. The zero-order valence-corrected chi connectivity index (χ0v) is 12.7. The number of carbonyl (C=O) groups excluding carboxylic acids is 1. The highest BCUT2D eigenvalue weighted by Crippen LogP contribution is 2.12. The van der Waals surface area contributed by atoms with Crippen molar-refractivity contribution >= 4 is 11.7 Å². The molecule has 0 bridgehead atoms. The highest BCUT2D eigenvalue weighted by atomic mass is 16.5. The lowest BCUT2D eigenvalue weighted by atomic mass is 10.1. The van der Waals surface area contributed by atoms with E-state index in [4.69, 9.17) is 4.74 Å². The van der Waals surface area contributed by atoms with Crippen molar-refractivity contribution in [3.05, 3.63) is 47.7 Å². The Morgan fingerprint density at radius 1 is 1.29 bits per heavy atom. The van der Waals surface area contributed by atoms with Crippen molar-refractivity contribution in [3.63, 3.8) is 0 Å². The molecule has 1 aromatic carbocycles. The summed E-state index contributed by atoms with van der Waals surface area (Å²) in [5, 5.41) is 7.12. The van der Waals surface area contributed by atoms with Gasteiger partial charge in [0.15, 0.2) is 0 Å². The minimum atomic E-state index is -0.135. The van der Waals surface area contributed by atoms with Crippen LogP contribution in [0.5, 0.6) is 0 Å². The molecule has 1 heterocycles. The number of amides is 1. The topological polar surface area (TPSA) is 56.1 Å². The van der Waals surface area contributed by atoms with Gasteiger partial charge in [0.05, 0.1) is 12.8 Å². The molecule has 0 saturated heterocycles. The van der Waals surface area contributed by atoms with E-state index >= 15 is 0 Å². The molecule has 21 heavy (non-hydrogen) atoms. The monoisotopic (exact) mass is 287 g/mol. The Kier molecular flexibility index (Phi) is 5.11. The van der Waals surface area contributed by atoms with Crippen LogP contribution in [0.3, 0.4) is 0 Å². The number of carbonyl (C=O) groups is 1. The fraction of sp³-hybridized carbons (Fsp3) is 0.375. The molecule has 0 aliphatic carbocycles. The van der Waals surface area contributed by atoms with Gasteiger partial charge < -0.3 is 10.1 Å². The zero-order chi connectivity index (χ0) is 15.2. The van der Waals surface area contributed by atoms with Crippen molar-refractivity contribution in [1.82, 2.24) is 9.78 Å². The van der Waals surface area contributed by atoms with Gasteiger partial charge in [-0.05, 0) is 23.6 Å². The molecule has 0 spiro atoms. The number of nitrogens with one attached hydrogen (secondary N) is 1. The third kappa shape index (κ3) is 4.16. The van der Waals surface area contributed by atoms with Crippen molar-refractivity contribution < 1.29 is 9.53 Å². The first-order valence-corrected chi connectivity index (χ1v) is 7.01. The Morgan fingerprint density at radius 2 is 2.00 bits per heavy atom. The van der Waals surface area contributed by atoms with Gasteiger partial charge >= 0.3 is 0 Å². The number of benzene rings is 1. The maximum Gasteiger partial charge on any atom is 0.256 e. The number of hydrogen-bond donors (Lipinski definition) is 1. The van der Waals surface area contributed by atoms with Crippen LogP contribution in [0.2, 0.25) is 0 Å². The van der Waals surface area contributed by atoms with Gasteiger partial charge in [-0.1, -0.05) is 26.0 Å². The van der Waals surface area contributed by atoms with E-state index < -0.39 is 0 Å². The van der Waals surface area contributed by atoms with E-state index in [1.165, 1.54) is 0 Å². The molecule has 0 unspecified atom stereocenters. The molecular formula is C16H21N3O2. The number of nitrogens with zero attached hydrogens (tertiary/aromatic N) is 2. The molecule has 0 saturated carbocycles. The summed E-state index contributed by atoms with van der Waals surface area (Å²) in [4.78, 5) is 12.2. The smallest absolute Gasteiger partial charge is 0.256 e. The molecule has 0 radical (unpaired) electrons. The number of aromatic nitrogens is 2. The van der Waals surface area contributed by atoms with Crippen LogP contribution in [0.15, 0.2) is 36.5 Å². The van der Waals surface area contributed by atoms with Crippen LogP contribution >= 0.6 is 0 Å². The summed E-state index contributed by atoms with van der Waals surface area (Å²) in [6.07, 6.45) is 1.69. The van der Waals surface area contributed by atoms with Crippen LogP contribution in [0.1, 0.15) is 29.8 Å². The van der Waals surface area contributed by atoms with Crippen LogP contribution in [0.25, 0.3) is 0 Å². The van der Waals surface area contributed by atoms with Crippen LogP contribution < -0.4 is 5.32 Å². The molecule has 0 fully saturated rings. The maximum atomic E-state index is 12.2. The number of rotatable bonds is 6.